The fourth-order valence-electron chi connectivity index (χ4n) is 4.27. The van der Waals surface area contributed by atoms with Crippen molar-refractivity contribution in [2.24, 2.45) is 0 Å². The van der Waals surface area contributed by atoms with E-state index in [1.54, 1.807) is 6.33 Å². The molecule has 0 atom stereocenters. The number of hydrogen-bond donors (Lipinski definition) is 1. The number of rotatable bonds is 11. The Kier molecular flexibility index (Phi) is 8.74. The van der Waals surface area contributed by atoms with E-state index in [0.717, 1.165) is 83.5 Å². The monoisotopic (exact) mass is 516 g/mol. The normalized spacial score (nSPS) is 14.5. The Balaban J connectivity index is 1.11. The van der Waals surface area contributed by atoms with Crippen molar-refractivity contribution in [2.75, 3.05) is 43.1 Å². The van der Waals surface area contributed by atoms with Crippen molar-refractivity contribution < 1.29 is 14.0 Å². The Hall–Kier alpha value is -3.33. The molecule has 1 aromatic heterocycles. The summed E-state index contributed by atoms with van der Waals surface area (Å²) in [6.45, 7) is 4.14. The van der Waals surface area contributed by atoms with Gasteiger partial charge in [-0.25, -0.2) is 9.97 Å². The predicted molar refractivity (Wildman–Crippen MR) is 149 cm³/mol. The van der Waals surface area contributed by atoms with Crippen LogP contribution in [0.1, 0.15) is 18.4 Å². The Labute approximate surface area is 221 Å². The highest BCUT2D eigenvalue weighted by Gasteiger charge is 2.18. The molecule has 5 rings (SSSR count). The van der Waals surface area contributed by atoms with Crippen LogP contribution in [0, 0.1) is 0 Å². The summed E-state index contributed by atoms with van der Waals surface area (Å²) in [7, 11) is 0. The molecule has 1 aliphatic heterocycles. The van der Waals surface area contributed by atoms with E-state index in [9.17, 15) is 4.55 Å². The number of benzene rings is 3. The van der Waals surface area contributed by atoms with Gasteiger partial charge in [-0.2, -0.15) is 0 Å². The first-order chi connectivity index (χ1) is 18.2. The molecule has 1 N–H and O–H groups in total. The summed E-state index contributed by atoms with van der Waals surface area (Å²) < 4.78 is 23.3. The molecule has 0 bridgehead atoms. The van der Waals surface area contributed by atoms with Gasteiger partial charge in [0.25, 0.3) is 0 Å². The average Bonchev–Trinajstić information content (AvgIpc) is 2.94. The molecule has 0 saturated carbocycles. The Morgan fingerprint density at radius 2 is 1.65 bits per heavy atom. The van der Waals surface area contributed by atoms with E-state index in [2.05, 4.69) is 32.3 Å². The minimum absolute atomic E-state index is 0.538. The maximum absolute atomic E-state index is 11.5. The predicted octanol–water partition coefficient (Wildman–Crippen LogP) is 5.18. The quantitative estimate of drug-likeness (QED) is 0.217. The SMILES string of the molecule is [O-][S+]1CCN(CCCCOc2ccc3c(Nc4ccc(OCc5ccccc5)cc4)ncnc3c2)CC1. The fraction of sp³-hybridized carbons (Fsp3) is 0.310. The average molecular weight is 517 g/mol. The molecule has 37 heavy (non-hydrogen) atoms. The van der Waals surface area contributed by atoms with Crippen molar-refractivity contribution in [3.63, 3.8) is 0 Å². The molecular formula is C29H32N4O3S. The molecule has 7 nitrogen and oxygen atoms in total. The van der Waals surface area contributed by atoms with Gasteiger partial charge >= 0.3 is 0 Å². The standard InChI is InChI=1S/C29H32N4O3S/c34-37-18-15-33(16-19-37)14-4-5-17-35-26-12-13-27-28(20-26)30-22-31-29(27)32-24-8-10-25(11-9-24)36-21-23-6-2-1-3-7-23/h1-3,6-13,20,22H,4-5,14-19,21H2,(H,30,31,32). The first-order valence-corrected chi connectivity index (χ1v) is 14.2. The number of ether oxygens (including phenoxy) is 2. The van der Waals surface area contributed by atoms with Crippen LogP contribution in [-0.4, -0.2) is 57.2 Å². The Morgan fingerprint density at radius 3 is 2.46 bits per heavy atom. The minimum atomic E-state index is -0.614. The second-order valence-electron chi connectivity index (χ2n) is 9.07. The molecule has 8 heteroatoms. The molecule has 1 fully saturated rings. The van der Waals surface area contributed by atoms with Gasteiger partial charge in [0.1, 0.15) is 41.8 Å². The van der Waals surface area contributed by atoms with Gasteiger partial charge in [0, 0.05) is 30.2 Å². The third-order valence-electron chi connectivity index (χ3n) is 6.38. The minimum Gasteiger partial charge on any atom is -0.616 e. The van der Waals surface area contributed by atoms with Crippen LogP contribution in [-0.2, 0) is 17.8 Å². The Morgan fingerprint density at radius 1 is 0.865 bits per heavy atom. The van der Waals surface area contributed by atoms with Crippen LogP contribution in [0.5, 0.6) is 11.5 Å². The first-order valence-electron chi connectivity index (χ1n) is 12.7. The molecule has 192 valence electrons. The molecule has 2 heterocycles. The largest absolute Gasteiger partial charge is 0.616 e. The Bertz CT molecular complexity index is 1270. The molecule has 0 unspecified atom stereocenters. The summed E-state index contributed by atoms with van der Waals surface area (Å²) in [6, 6.07) is 23.9. The van der Waals surface area contributed by atoms with Crippen molar-refractivity contribution in [3.05, 3.63) is 84.7 Å². The summed E-state index contributed by atoms with van der Waals surface area (Å²) in [6.07, 6.45) is 3.63. The maximum atomic E-state index is 11.5. The summed E-state index contributed by atoms with van der Waals surface area (Å²) in [4.78, 5) is 11.3. The lowest BCUT2D eigenvalue weighted by Gasteiger charge is -2.27. The topological polar surface area (TPSA) is 82.6 Å². The van der Waals surface area contributed by atoms with E-state index in [4.69, 9.17) is 9.47 Å². The van der Waals surface area contributed by atoms with Gasteiger partial charge in [0.2, 0.25) is 0 Å². The number of unbranched alkanes of at least 4 members (excludes halogenated alkanes) is 1. The molecule has 0 amide bonds. The van der Waals surface area contributed by atoms with Gasteiger partial charge < -0.3 is 19.3 Å². The molecule has 1 saturated heterocycles. The van der Waals surface area contributed by atoms with Gasteiger partial charge in [-0.15, -0.1) is 0 Å². The fourth-order valence-corrected chi connectivity index (χ4v) is 5.39. The van der Waals surface area contributed by atoms with Gasteiger partial charge in [0.15, 0.2) is 0 Å². The number of hydrogen-bond acceptors (Lipinski definition) is 7. The van der Waals surface area contributed by atoms with Crippen molar-refractivity contribution in [2.45, 2.75) is 19.4 Å². The zero-order chi connectivity index (χ0) is 25.3. The lowest BCUT2D eigenvalue weighted by molar-refractivity contribution is 0.262. The van der Waals surface area contributed by atoms with Crippen molar-refractivity contribution >= 4 is 33.6 Å². The van der Waals surface area contributed by atoms with E-state index in [-0.39, 0.29) is 0 Å². The van der Waals surface area contributed by atoms with E-state index in [1.165, 1.54) is 0 Å². The highest BCUT2D eigenvalue weighted by molar-refractivity contribution is 7.91. The summed E-state index contributed by atoms with van der Waals surface area (Å²) in [5.74, 6) is 3.99. The third kappa shape index (κ3) is 7.35. The molecule has 1 aliphatic rings. The van der Waals surface area contributed by atoms with E-state index in [0.29, 0.717) is 13.2 Å². The van der Waals surface area contributed by atoms with Crippen LogP contribution in [0.25, 0.3) is 10.9 Å². The van der Waals surface area contributed by atoms with Crippen LogP contribution in [0.15, 0.2) is 79.1 Å². The molecule has 0 aliphatic carbocycles. The van der Waals surface area contributed by atoms with Crippen molar-refractivity contribution in [1.29, 1.82) is 0 Å². The zero-order valence-electron chi connectivity index (χ0n) is 20.8. The first kappa shape index (κ1) is 25.3. The smallest absolute Gasteiger partial charge is 0.141 e. The molecule has 0 radical (unpaired) electrons. The zero-order valence-corrected chi connectivity index (χ0v) is 21.7. The number of nitrogens with one attached hydrogen (secondary N) is 1. The molecule has 0 spiro atoms. The van der Waals surface area contributed by atoms with Crippen LogP contribution in [0.3, 0.4) is 0 Å². The van der Waals surface area contributed by atoms with Gasteiger partial charge in [-0.3, -0.25) is 4.90 Å². The highest BCUT2D eigenvalue weighted by atomic mass is 32.2. The lowest BCUT2D eigenvalue weighted by atomic mass is 10.2. The van der Waals surface area contributed by atoms with Crippen LogP contribution in [0.2, 0.25) is 0 Å². The van der Waals surface area contributed by atoms with E-state index < -0.39 is 11.2 Å². The van der Waals surface area contributed by atoms with Gasteiger partial charge in [-0.05, 0) is 61.3 Å². The second-order valence-corrected chi connectivity index (χ2v) is 10.8. The summed E-state index contributed by atoms with van der Waals surface area (Å²) >= 11 is -0.614. The van der Waals surface area contributed by atoms with E-state index in [1.807, 2.05) is 60.7 Å². The van der Waals surface area contributed by atoms with Gasteiger partial charge in [0.05, 0.1) is 12.1 Å². The number of fused-ring (bicyclic) bond motifs is 1. The second kappa shape index (κ2) is 12.8. The van der Waals surface area contributed by atoms with Crippen molar-refractivity contribution in [1.82, 2.24) is 14.9 Å². The van der Waals surface area contributed by atoms with Gasteiger partial charge in [-0.1, -0.05) is 41.5 Å². The van der Waals surface area contributed by atoms with Crippen LogP contribution in [0.4, 0.5) is 11.5 Å². The number of anilines is 2. The third-order valence-corrected chi connectivity index (χ3v) is 7.66. The van der Waals surface area contributed by atoms with E-state index >= 15 is 0 Å². The van der Waals surface area contributed by atoms with Crippen LogP contribution >= 0.6 is 0 Å². The van der Waals surface area contributed by atoms with Crippen molar-refractivity contribution in [3.8, 4) is 11.5 Å². The summed E-state index contributed by atoms with van der Waals surface area (Å²) in [5.41, 5.74) is 2.89. The van der Waals surface area contributed by atoms with Crippen LogP contribution < -0.4 is 14.8 Å². The molecular weight excluding hydrogens is 484 g/mol. The maximum Gasteiger partial charge on any atom is 0.141 e. The number of nitrogens with zero attached hydrogens (tertiary/aromatic N) is 3. The molecule has 3 aromatic carbocycles. The molecule has 4 aromatic rings. The number of aromatic nitrogens is 2. The highest BCUT2D eigenvalue weighted by Crippen LogP contribution is 2.27. The lowest BCUT2D eigenvalue weighted by Crippen LogP contribution is -2.40. The summed E-state index contributed by atoms with van der Waals surface area (Å²) in [5, 5.41) is 4.32.